The zero-order valence-corrected chi connectivity index (χ0v) is 15.9. The molecule has 0 radical (unpaired) electrons. The standard InChI is InChI=1S/C21H23NO5/c1-13(2)20(24)22-16-8-6-15(7-9-16)18(23)12-27-21(25)17-11-14(3)5-10-19(17)26-4/h5-11,13H,12H2,1-4H3,(H,22,24). The largest absolute Gasteiger partial charge is 0.496 e. The van der Waals surface area contributed by atoms with Crippen LogP contribution in [-0.2, 0) is 9.53 Å². The van der Waals surface area contributed by atoms with Crippen LogP contribution in [0.25, 0.3) is 0 Å². The van der Waals surface area contributed by atoms with E-state index in [0.29, 0.717) is 17.0 Å². The number of rotatable bonds is 7. The molecule has 2 aromatic rings. The van der Waals surface area contributed by atoms with Crippen molar-refractivity contribution in [2.24, 2.45) is 5.92 Å². The zero-order chi connectivity index (χ0) is 20.0. The van der Waals surface area contributed by atoms with Crippen molar-refractivity contribution in [1.82, 2.24) is 0 Å². The molecule has 0 saturated heterocycles. The molecular formula is C21H23NO5. The highest BCUT2D eigenvalue weighted by Gasteiger charge is 2.16. The summed E-state index contributed by atoms with van der Waals surface area (Å²) in [5, 5.41) is 2.75. The lowest BCUT2D eigenvalue weighted by Gasteiger charge is -2.10. The highest BCUT2D eigenvalue weighted by Crippen LogP contribution is 2.20. The van der Waals surface area contributed by atoms with Crippen molar-refractivity contribution in [3.05, 3.63) is 59.2 Å². The second kappa shape index (κ2) is 8.98. The van der Waals surface area contributed by atoms with Crippen LogP contribution in [0.3, 0.4) is 0 Å². The summed E-state index contributed by atoms with van der Waals surface area (Å²) in [6.45, 7) is 5.06. The average Bonchev–Trinajstić information content (AvgIpc) is 2.66. The highest BCUT2D eigenvalue weighted by molar-refractivity contribution is 6.00. The minimum Gasteiger partial charge on any atom is -0.496 e. The van der Waals surface area contributed by atoms with E-state index in [0.717, 1.165) is 5.56 Å². The van der Waals surface area contributed by atoms with Crippen molar-refractivity contribution in [3.8, 4) is 5.75 Å². The molecular weight excluding hydrogens is 346 g/mol. The lowest BCUT2D eigenvalue weighted by atomic mass is 10.1. The van der Waals surface area contributed by atoms with Crippen molar-refractivity contribution in [3.63, 3.8) is 0 Å². The molecule has 0 heterocycles. The fourth-order valence-electron chi connectivity index (χ4n) is 2.30. The monoisotopic (exact) mass is 369 g/mol. The fraction of sp³-hybridized carbons (Fsp3) is 0.286. The van der Waals surface area contributed by atoms with Gasteiger partial charge >= 0.3 is 5.97 Å². The summed E-state index contributed by atoms with van der Waals surface area (Å²) < 4.78 is 10.3. The Morgan fingerprint density at radius 1 is 1.04 bits per heavy atom. The third kappa shape index (κ3) is 5.41. The Morgan fingerprint density at radius 2 is 1.70 bits per heavy atom. The van der Waals surface area contributed by atoms with Crippen LogP contribution in [0.15, 0.2) is 42.5 Å². The summed E-state index contributed by atoms with van der Waals surface area (Å²) in [6, 6.07) is 11.6. The van der Waals surface area contributed by atoms with Crippen LogP contribution >= 0.6 is 0 Å². The summed E-state index contributed by atoms with van der Waals surface area (Å²) in [5.74, 6) is -0.802. The van der Waals surface area contributed by atoms with Gasteiger partial charge in [-0.2, -0.15) is 0 Å². The third-order valence-corrected chi connectivity index (χ3v) is 3.91. The molecule has 0 aliphatic carbocycles. The number of carbonyl (C=O) groups is 3. The summed E-state index contributed by atoms with van der Waals surface area (Å²) in [5.41, 5.74) is 2.15. The molecule has 0 bridgehead atoms. The molecule has 0 fully saturated rings. The maximum atomic E-state index is 12.2. The van der Waals surface area contributed by atoms with E-state index in [1.165, 1.54) is 7.11 Å². The summed E-state index contributed by atoms with van der Waals surface area (Å²) in [4.78, 5) is 36.2. The second-order valence-corrected chi connectivity index (χ2v) is 6.42. The van der Waals surface area contributed by atoms with Gasteiger partial charge in [0.15, 0.2) is 12.4 Å². The molecule has 27 heavy (non-hydrogen) atoms. The number of amides is 1. The Hall–Kier alpha value is -3.15. The predicted octanol–water partition coefficient (Wildman–Crippen LogP) is 3.64. The number of ether oxygens (including phenoxy) is 2. The fourth-order valence-corrected chi connectivity index (χ4v) is 2.30. The van der Waals surface area contributed by atoms with Gasteiger partial charge in [-0.3, -0.25) is 9.59 Å². The second-order valence-electron chi connectivity index (χ2n) is 6.42. The molecule has 0 saturated carbocycles. The summed E-state index contributed by atoms with van der Waals surface area (Å²) in [7, 11) is 1.46. The Balaban J connectivity index is 1.98. The third-order valence-electron chi connectivity index (χ3n) is 3.91. The number of esters is 1. The minimum absolute atomic E-state index is 0.102. The molecule has 1 N–H and O–H groups in total. The van der Waals surface area contributed by atoms with Crippen molar-refractivity contribution in [2.75, 3.05) is 19.0 Å². The Kier molecular flexibility index (Phi) is 6.71. The first-order valence-corrected chi connectivity index (χ1v) is 8.57. The summed E-state index contributed by atoms with van der Waals surface area (Å²) in [6.07, 6.45) is 0. The molecule has 2 aromatic carbocycles. The van der Waals surface area contributed by atoms with Gasteiger partial charge in [0, 0.05) is 17.2 Å². The Morgan fingerprint density at radius 3 is 2.30 bits per heavy atom. The first-order chi connectivity index (χ1) is 12.8. The number of hydrogen-bond donors (Lipinski definition) is 1. The molecule has 0 aromatic heterocycles. The molecule has 0 atom stereocenters. The normalized spacial score (nSPS) is 10.4. The lowest BCUT2D eigenvalue weighted by molar-refractivity contribution is -0.118. The molecule has 142 valence electrons. The van der Waals surface area contributed by atoms with Crippen LogP contribution in [0, 0.1) is 12.8 Å². The van der Waals surface area contributed by atoms with Gasteiger partial charge in [0.1, 0.15) is 11.3 Å². The van der Waals surface area contributed by atoms with Crippen LogP contribution in [0.2, 0.25) is 0 Å². The molecule has 0 spiro atoms. The van der Waals surface area contributed by atoms with Crippen LogP contribution in [-0.4, -0.2) is 31.4 Å². The van der Waals surface area contributed by atoms with E-state index in [1.807, 2.05) is 13.0 Å². The molecule has 2 rings (SSSR count). The van der Waals surface area contributed by atoms with Gasteiger partial charge in [-0.15, -0.1) is 0 Å². The first-order valence-electron chi connectivity index (χ1n) is 8.57. The van der Waals surface area contributed by atoms with Crippen LogP contribution in [0.5, 0.6) is 5.75 Å². The van der Waals surface area contributed by atoms with Gasteiger partial charge in [-0.05, 0) is 43.3 Å². The molecule has 6 heteroatoms. The smallest absolute Gasteiger partial charge is 0.342 e. The highest BCUT2D eigenvalue weighted by atomic mass is 16.5. The quantitative estimate of drug-likeness (QED) is 0.595. The number of carbonyl (C=O) groups excluding carboxylic acids is 3. The minimum atomic E-state index is -0.621. The van der Waals surface area contributed by atoms with Gasteiger partial charge in [0.05, 0.1) is 7.11 Å². The van der Waals surface area contributed by atoms with Gasteiger partial charge in [0.25, 0.3) is 0 Å². The van der Waals surface area contributed by atoms with Crippen molar-refractivity contribution in [2.45, 2.75) is 20.8 Å². The van der Waals surface area contributed by atoms with Crippen molar-refractivity contribution >= 4 is 23.3 Å². The number of methoxy groups -OCH3 is 1. The van der Waals surface area contributed by atoms with Gasteiger partial charge in [-0.25, -0.2) is 4.79 Å². The van der Waals surface area contributed by atoms with Crippen LogP contribution < -0.4 is 10.1 Å². The SMILES string of the molecule is COc1ccc(C)cc1C(=O)OCC(=O)c1ccc(NC(=O)C(C)C)cc1. The number of benzene rings is 2. The van der Waals surface area contributed by atoms with Gasteiger partial charge < -0.3 is 14.8 Å². The van der Waals surface area contributed by atoms with E-state index < -0.39 is 5.97 Å². The average molecular weight is 369 g/mol. The van der Waals surface area contributed by atoms with Crippen molar-refractivity contribution < 1.29 is 23.9 Å². The van der Waals surface area contributed by atoms with E-state index >= 15 is 0 Å². The number of hydrogen-bond acceptors (Lipinski definition) is 5. The van der Waals surface area contributed by atoms with Gasteiger partial charge in [-0.1, -0.05) is 25.5 Å². The molecule has 1 amide bonds. The zero-order valence-electron chi connectivity index (χ0n) is 15.9. The number of anilines is 1. The van der Waals surface area contributed by atoms with Crippen LogP contribution in [0.4, 0.5) is 5.69 Å². The number of ketones is 1. The molecule has 0 aliphatic rings. The molecule has 0 aliphatic heterocycles. The number of Topliss-reactive ketones (excluding diaryl/α,β-unsaturated/α-hetero) is 1. The maximum Gasteiger partial charge on any atom is 0.342 e. The lowest BCUT2D eigenvalue weighted by Crippen LogP contribution is -2.18. The first kappa shape index (κ1) is 20.2. The number of nitrogens with one attached hydrogen (secondary N) is 1. The van der Waals surface area contributed by atoms with E-state index in [9.17, 15) is 14.4 Å². The van der Waals surface area contributed by atoms with E-state index in [-0.39, 0.29) is 29.8 Å². The predicted molar refractivity (Wildman–Crippen MR) is 102 cm³/mol. The van der Waals surface area contributed by atoms with Gasteiger partial charge in [0.2, 0.25) is 5.91 Å². The summed E-state index contributed by atoms with van der Waals surface area (Å²) >= 11 is 0. The van der Waals surface area contributed by atoms with E-state index in [2.05, 4.69) is 5.32 Å². The number of aryl methyl sites for hydroxylation is 1. The maximum absolute atomic E-state index is 12.2. The topological polar surface area (TPSA) is 81.7 Å². The van der Waals surface area contributed by atoms with Crippen LogP contribution in [0.1, 0.15) is 40.1 Å². The Bertz CT molecular complexity index is 840. The molecule has 0 unspecified atom stereocenters. The van der Waals surface area contributed by atoms with E-state index in [1.54, 1.807) is 50.2 Å². The Labute approximate surface area is 158 Å². The molecule has 6 nitrogen and oxygen atoms in total. The van der Waals surface area contributed by atoms with Crippen molar-refractivity contribution in [1.29, 1.82) is 0 Å². The van der Waals surface area contributed by atoms with E-state index in [4.69, 9.17) is 9.47 Å².